The summed E-state index contributed by atoms with van der Waals surface area (Å²) in [7, 11) is 0. The Morgan fingerprint density at radius 3 is 3.00 bits per heavy atom. The van der Waals surface area contributed by atoms with E-state index < -0.39 is 0 Å². The highest BCUT2D eigenvalue weighted by Crippen LogP contribution is 2.53. The van der Waals surface area contributed by atoms with Crippen LogP contribution in [-0.2, 0) is 0 Å². The van der Waals surface area contributed by atoms with E-state index in [1.807, 2.05) is 0 Å². The molecule has 0 saturated heterocycles. The molecule has 1 fully saturated rings. The summed E-state index contributed by atoms with van der Waals surface area (Å²) in [5.41, 5.74) is 3.17. The standard InChI is InChI=1S/C10H14/c1-3-7(2)9-5-4-8-6-10(8)9/h4,9-10H,2-3,5-6H2,1H3. The van der Waals surface area contributed by atoms with Crippen LogP contribution in [0.15, 0.2) is 23.8 Å². The second-order valence-electron chi connectivity index (χ2n) is 3.44. The van der Waals surface area contributed by atoms with Crippen molar-refractivity contribution in [1.29, 1.82) is 0 Å². The van der Waals surface area contributed by atoms with Crippen LogP contribution in [0.1, 0.15) is 26.2 Å². The second-order valence-corrected chi connectivity index (χ2v) is 3.44. The third-order valence-electron chi connectivity index (χ3n) is 2.87. The molecule has 0 aliphatic heterocycles. The first-order chi connectivity index (χ1) is 4.83. The van der Waals surface area contributed by atoms with E-state index in [0.29, 0.717) is 0 Å². The number of rotatable bonds is 2. The van der Waals surface area contributed by atoms with Gasteiger partial charge in [-0.15, -0.1) is 0 Å². The smallest absolute Gasteiger partial charge is 0.00972 e. The van der Waals surface area contributed by atoms with Crippen LogP contribution in [0.5, 0.6) is 0 Å². The zero-order chi connectivity index (χ0) is 7.14. The zero-order valence-electron chi connectivity index (χ0n) is 6.56. The SMILES string of the molecule is C=C(CC)C1CC=C2CC21. The van der Waals surface area contributed by atoms with Crippen molar-refractivity contribution in [3.63, 3.8) is 0 Å². The summed E-state index contributed by atoms with van der Waals surface area (Å²) < 4.78 is 0. The molecule has 0 spiro atoms. The highest BCUT2D eigenvalue weighted by atomic mass is 14.5. The van der Waals surface area contributed by atoms with Gasteiger partial charge in [0.2, 0.25) is 0 Å². The van der Waals surface area contributed by atoms with E-state index in [1.165, 1.54) is 24.8 Å². The second kappa shape index (κ2) is 1.98. The Labute approximate surface area is 62.6 Å². The predicted molar refractivity (Wildman–Crippen MR) is 43.7 cm³/mol. The summed E-state index contributed by atoms with van der Waals surface area (Å²) in [6.07, 6.45) is 6.24. The first kappa shape index (κ1) is 6.21. The van der Waals surface area contributed by atoms with Gasteiger partial charge in [-0.25, -0.2) is 0 Å². The van der Waals surface area contributed by atoms with Gasteiger partial charge in [-0.3, -0.25) is 0 Å². The minimum Gasteiger partial charge on any atom is -0.0996 e. The molecule has 0 heteroatoms. The molecule has 0 bridgehead atoms. The fourth-order valence-electron chi connectivity index (χ4n) is 1.99. The molecule has 2 rings (SSSR count). The lowest BCUT2D eigenvalue weighted by Crippen LogP contribution is -2.01. The monoisotopic (exact) mass is 134 g/mol. The van der Waals surface area contributed by atoms with E-state index >= 15 is 0 Å². The molecule has 0 heterocycles. The molecule has 54 valence electrons. The van der Waals surface area contributed by atoms with Crippen LogP contribution in [0, 0.1) is 11.8 Å². The number of allylic oxidation sites excluding steroid dienone is 3. The Kier molecular flexibility index (Phi) is 1.23. The van der Waals surface area contributed by atoms with Gasteiger partial charge in [0.05, 0.1) is 0 Å². The summed E-state index contributed by atoms with van der Waals surface area (Å²) in [5.74, 6) is 1.77. The highest BCUT2D eigenvalue weighted by molar-refractivity contribution is 5.34. The highest BCUT2D eigenvalue weighted by Gasteiger charge is 2.41. The molecule has 0 aromatic rings. The molecule has 0 N–H and O–H groups in total. The summed E-state index contributed by atoms with van der Waals surface area (Å²) >= 11 is 0. The van der Waals surface area contributed by atoms with Gasteiger partial charge in [-0.05, 0) is 31.1 Å². The maximum atomic E-state index is 4.10. The van der Waals surface area contributed by atoms with Crippen molar-refractivity contribution in [2.24, 2.45) is 11.8 Å². The Morgan fingerprint density at radius 2 is 2.60 bits per heavy atom. The van der Waals surface area contributed by atoms with Crippen molar-refractivity contribution < 1.29 is 0 Å². The molecule has 0 amide bonds. The quantitative estimate of drug-likeness (QED) is 0.509. The van der Waals surface area contributed by atoms with Crippen LogP contribution in [0.3, 0.4) is 0 Å². The lowest BCUT2D eigenvalue weighted by molar-refractivity contribution is 0.566. The van der Waals surface area contributed by atoms with Crippen LogP contribution in [0.25, 0.3) is 0 Å². The predicted octanol–water partition coefficient (Wildman–Crippen LogP) is 2.92. The zero-order valence-corrected chi connectivity index (χ0v) is 6.56. The number of hydrogen-bond acceptors (Lipinski definition) is 0. The van der Waals surface area contributed by atoms with Crippen LogP contribution < -0.4 is 0 Å². The Bertz CT molecular complexity index is 198. The summed E-state index contributed by atoms with van der Waals surface area (Å²) in [6.45, 7) is 6.31. The molecule has 10 heavy (non-hydrogen) atoms. The Morgan fingerprint density at radius 1 is 1.80 bits per heavy atom. The van der Waals surface area contributed by atoms with Gasteiger partial charge in [0.15, 0.2) is 0 Å². The maximum Gasteiger partial charge on any atom is -0.00972 e. The van der Waals surface area contributed by atoms with E-state index in [9.17, 15) is 0 Å². The molecule has 2 aliphatic rings. The fraction of sp³-hybridized carbons (Fsp3) is 0.600. The van der Waals surface area contributed by atoms with Gasteiger partial charge in [0.1, 0.15) is 0 Å². The minimum atomic E-state index is 0.833. The molecule has 2 unspecified atom stereocenters. The van der Waals surface area contributed by atoms with Gasteiger partial charge in [0, 0.05) is 0 Å². The largest absolute Gasteiger partial charge is 0.0996 e. The van der Waals surface area contributed by atoms with E-state index in [2.05, 4.69) is 19.6 Å². The van der Waals surface area contributed by atoms with Gasteiger partial charge in [0.25, 0.3) is 0 Å². The summed E-state index contributed by atoms with van der Waals surface area (Å²) in [6, 6.07) is 0. The Balaban J connectivity index is 2.03. The molecule has 0 aromatic heterocycles. The van der Waals surface area contributed by atoms with Crippen LogP contribution >= 0.6 is 0 Å². The molecule has 0 nitrogen and oxygen atoms in total. The van der Waals surface area contributed by atoms with E-state index in [1.54, 1.807) is 5.57 Å². The molecule has 2 aliphatic carbocycles. The lowest BCUT2D eigenvalue weighted by atomic mass is 9.93. The third-order valence-corrected chi connectivity index (χ3v) is 2.87. The van der Waals surface area contributed by atoms with Crippen molar-refractivity contribution in [3.8, 4) is 0 Å². The average molecular weight is 134 g/mol. The molecule has 0 aromatic carbocycles. The van der Waals surface area contributed by atoms with E-state index in [0.717, 1.165) is 11.8 Å². The first-order valence-electron chi connectivity index (χ1n) is 4.19. The van der Waals surface area contributed by atoms with Gasteiger partial charge >= 0.3 is 0 Å². The van der Waals surface area contributed by atoms with Gasteiger partial charge < -0.3 is 0 Å². The lowest BCUT2D eigenvalue weighted by Gasteiger charge is -2.12. The molecular formula is C10H14. The number of hydrogen-bond donors (Lipinski definition) is 0. The van der Waals surface area contributed by atoms with Gasteiger partial charge in [-0.2, -0.15) is 0 Å². The third kappa shape index (κ3) is 0.749. The molecule has 2 atom stereocenters. The van der Waals surface area contributed by atoms with Crippen molar-refractivity contribution in [2.45, 2.75) is 26.2 Å². The van der Waals surface area contributed by atoms with E-state index in [4.69, 9.17) is 0 Å². The summed E-state index contributed by atoms with van der Waals surface area (Å²) in [4.78, 5) is 0. The average Bonchev–Trinajstić information content (AvgIpc) is 2.62. The maximum absolute atomic E-state index is 4.10. The normalized spacial score (nSPS) is 35.1. The molecule has 0 radical (unpaired) electrons. The first-order valence-corrected chi connectivity index (χ1v) is 4.19. The fourth-order valence-corrected chi connectivity index (χ4v) is 1.99. The Hall–Kier alpha value is -0.520. The van der Waals surface area contributed by atoms with Crippen molar-refractivity contribution in [1.82, 2.24) is 0 Å². The molecular weight excluding hydrogens is 120 g/mol. The number of fused-ring (bicyclic) bond motifs is 1. The van der Waals surface area contributed by atoms with Crippen molar-refractivity contribution in [2.75, 3.05) is 0 Å². The van der Waals surface area contributed by atoms with Gasteiger partial charge in [-0.1, -0.05) is 30.7 Å². The van der Waals surface area contributed by atoms with Crippen molar-refractivity contribution in [3.05, 3.63) is 23.8 Å². The molecule has 1 saturated carbocycles. The van der Waals surface area contributed by atoms with Crippen LogP contribution in [0.4, 0.5) is 0 Å². The summed E-state index contributed by atoms with van der Waals surface area (Å²) in [5, 5.41) is 0. The van der Waals surface area contributed by atoms with E-state index in [-0.39, 0.29) is 0 Å². The van der Waals surface area contributed by atoms with Crippen molar-refractivity contribution >= 4 is 0 Å². The van der Waals surface area contributed by atoms with Crippen LogP contribution in [-0.4, -0.2) is 0 Å². The minimum absolute atomic E-state index is 0.833. The van der Waals surface area contributed by atoms with Crippen LogP contribution in [0.2, 0.25) is 0 Å². The topological polar surface area (TPSA) is 0 Å².